The van der Waals surface area contributed by atoms with Gasteiger partial charge in [0.15, 0.2) is 11.2 Å². The third-order valence-corrected chi connectivity index (χ3v) is 3.71. The first-order chi connectivity index (χ1) is 10.7. The lowest BCUT2D eigenvalue weighted by molar-refractivity contribution is 0.561. The second-order valence-corrected chi connectivity index (χ2v) is 5.33. The lowest BCUT2D eigenvalue weighted by atomic mass is 10.3. The summed E-state index contributed by atoms with van der Waals surface area (Å²) in [5.41, 5.74) is 0.421. The molecule has 22 heavy (non-hydrogen) atoms. The Kier molecular flexibility index (Phi) is 5.35. The van der Waals surface area contributed by atoms with Crippen molar-refractivity contribution in [1.82, 2.24) is 18.7 Å². The van der Waals surface area contributed by atoms with Gasteiger partial charge in [-0.05, 0) is 19.8 Å². The highest BCUT2D eigenvalue weighted by atomic mass is 16.2. The van der Waals surface area contributed by atoms with Crippen molar-refractivity contribution in [2.75, 3.05) is 0 Å². The van der Waals surface area contributed by atoms with Crippen LogP contribution in [0.3, 0.4) is 0 Å². The van der Waals surface area contributed by atoms with Gasteiger partial charge in [0, 0.05) is 19.3 Å². The van der Waals surface area contributed by atoms with E-state index < -0.39 is 0 Å². The number of hydrogen-bond acceptors (Lipinski definition) is 3. The lowest BCUT2D eigenvalue weighted by Crippen LogP contribution is -2.40. The first-order valence-electron chi connectivity index (χ1n) is 8.02. The smallest absolute Gasteiger partial charge is 0.300 e. The summed E-state index contributed by atoms with van der Waals surface area (Å²) < 4.78 is 4.62. The molecular formula is C16H24N4O2. The molecule has 0 N–H and O–H groups in total. The van der Waals surface area contributed by atoms with Crippen molar-refractivity contribution in [1.29, 1.82) is 0 Å². The number of aromatic nitrogens is 4. The molecule has 0 saturated carbocycles. The number of unbranched alkanes of at least 4 members (excludes halogenated alkanes) is 2. The van der Waals surface area contributed by atoms with E-state index >= 15 is 0 Å². The second-order valence-electron chi connectivity index (χ2n) is 5.33. The molecule has 0 aliphatic rings. The molecule has 0 unspecified atom stereocenters. The van der Waals surface area contributed by atoms with E-state index in [0.29, 0.717) is 24.3 Å². The van der Waals surface area contributed by atoms with Crippen molar-refractivity contribution < 1.29 is 0 Å². The molecule has 0 saturated heterocycles. The van der Waals surface area contributed by atoms with Crippen LogP contribution in [0.1, 0.15) is 46.5 Å². The van der Waals surface area contributed by atoms with Crippen LogP contribution in [0.2, 0.25) is 0 Å². The van der Waals surface area contributed by atoms with Crippen molar-refractivity contribution >= 4 is 17.4 Å². The Morgan fingerprint density at radius 2 is 1.91 bits per heavy atom. The van der Waals surface area contributed by atoms with Gasteiger partial charge in [-0.15, -0.1) is 0 Å². The van der Waals surface area contributed by atoms with E-state index in [9.17, 15) is 9.59 Å². The number of aryl methyl sites for hydroxylation is 1. The van der Waals surface area contributed by atoms with Gasteiger partial charge in [0.1, 0.15) is 6.33 Å². The molecule has 2 aromatic rings. The fourth-order valence-electron chi connectivity index (χ4n) is 2.47. The van der Waals surface area contributed by atoms with Crippen LogP contribution < -0.4 is 11.2 Å². The van der Waals surface area contributed by atoms with Gasteiger partial charge in [-0.1, -0.05) is 32.8 Å². The average Bonchev–Trinajstić information content (AvgIpc) is 2.92. The summed E-state index contributed by atoms with van der Waals surface area (Å²) in [5.74, 6) is 0. The molecule has 120 valence electrons. The van der Waals surface area contributed by atoms with Gasteiger partial charge in [-0.2, -0.15) is 0 Å². The molecule has 0 radical (unpaired) electrons. The van der Waals surface area contributed by atoms with Crippen molar-refractivity contribution in [3.63, 3.8) is 0 Å². The van der Waals surface area contributed by atoms with Crippen molar-refractivity contribution in [3.05, 3.63) is 33.2 Å². The molecule has 0 aliphatic carbocycles. The molecule has 0 aliphatic heterocycles. The molecule has 0 amide bonds. The Balaban J connectivity index is 2.69. The average molecular weight is 304 g/mol. The molecule has 6 nitrogen and oxygen atoms in total. The van der Waals surface area contributed by atoms with Gasteiger partial charge in [-0.25, -0.2) is 9.78 Å². The number of imidazole rings is 1. The highest BCUT2D eigenvalue weighted by molar-refractivity contribution is 5.72. The molecule has 0 bridgehead atoms. The van der Waals surface area contributed by atoms with Gasteiger partial charge >= 0.3 is 5.69 Å². The molecular weight excluding hydrogens is 280 g/mol. The van der Waals surface area contributed by atoms with Crippen LogP contribution in [0.25, 0.3) is 17.4 Å². The van der Waals surface area contributed by atoms with Crippen LogP contribution in [-0.4, -0.2) is 18.7 Å². The standard InChI is InChI=1S/C16H24N4O2/c1-4-7-9-10-18-12-17-14-13(18)15(21)19(6-3)16(22)20(14)11-8-5-2/h9-10,12H,4-8,11H2,1-3H3. The maximum atomic E-state index is 12.6. The minimum atomic E-state index is -0.270. The Bertz CT molecular complexity index is 780. The van der Waals surface area contributed by atoms with Crippen molar-refractivity contribution in [2.45, 2.75) is 59.5 Å². The summed E-state index contributed by atoms with van der Waals surface area (Å²) in [6.45, 7) is 6.94. The van der Waals surface area contributed by atoms with E-state index in [0.717, 1.165) is 25.7 Å². The molecule has 6 heteroatoms. The Morgan fingerprint density at radius 1 is 1.14 bits per heavy atom. The number of allylic oxidation sites excluding steroid dienone is 1. The normalized spacial score (nSPS) is 11.8. The van der Waals surface area contributed by atoms with E-state index in [4.69, 9.17) is 0 Å². The molecule has 0 spiro atoms. The monoisotopic (exact) mass is 304 g/mol. The number of hydrogen-bond donors (Lipinski definition) is 0. The van der Waals surface area contributed by atoms with E-state index in [1.165, 1.54) is 4.57 Å². The van der Waals surface area contributed by atoms with Gasteiger partial charge in [0.05, 0.1) is 0 Å². The van der Waals surface area contributed by atoms with Crippen LogP contribution in [0, 0.1) is 0 Å². The van der Waals surface area contributed by atoms with Crippen molar-refractivity contribution in [3.8, 4) is 0 Å². The van der Waals surface area contributed by atoms with E-state index in [-0.39, 0.29) is 11.2 Å². The Hall–Kier alpha value is -2.11. The zero-order chi connectivity index (χ0) is 16.1. The zero-order valence-electron chi connectivity index (χ0n) is 13.6. The van der Waals surface area contributed by atoms with Crippen LogP contribution in [0.15, 0.2) is 22.0 Å². The molecule has 2 rings (SSSR count). The molecule has 0 fully saturated rings. The van der Waals surface area contributed by atoms with Crippen LogP contribution in [-0.2, 0) is 13.1 Å². The minimum Gasteiger partial charge on any atom is -0.300 e. The fourth-order valence-corrected chi connectivity index (χ4v) is 2.47. The summed E-state index contributed by atoms with van der Waals surface area (Å²) in [6, 6.07) is 0. The predicted octanol–water partition coefficient (Wildman–Crippen LogP) is 2.45. The maximum absolute atomic E-state index is 12.6. The molecule has 2 aromatic heterocycles. The predicted molar refractivity (Wildman–Crippen MR) is 89.1 cm³/mol. The SMILES string of the molecule is CCCC=Cn1cnc2c1c(=O)n(CC)c(=O)n2CCCC. The lowest BCUT2D eigenvalue weighted by Gasteiger charge is -2.10. The molecule has 0 atom stereocenters. The summed E-state index contributed by atoms with van der Waals surface area (Å²) in [7, 11) is 0. The highest BCUT2D eigenvalue weighted by Crippen LogP contribution is 2.09. The topological polar surface area (TPSA) is 61.8 Å². The van der Waals surface area contributed by atoms with Crippen molar-refractivity contribution in [2.24, 2.45) is 0 Å². The van der Waals surface area contributed by atoms with Gasteiger partial charge < -0.3 is 4.57 Å². The summed E-state index contributed by atoms with van der Waals surface area (Å²) >= 11 is 0. The Morgan fingerprint density at radius 3 is 2.55 bits per heavy atom. The molecule has 0 aromatic carbocycles. The summed E-state index contributed by atoms with van der Waals surface area (Å²) in [6.07, 6.45) is 9.33. The Labute approximate surface area is 129 Å². The quantitative estimate of drug-likeness (QED) is 0.789. The van der Waals surface area contributed by atoms with Crippen LogP contribution >= 0.6 is 0 Å². The number of rotatable bonds is 7. The highest BCUT2D eigenvalue weighted by Gasteiger charge is 2.16. The first kappa shape index (κ1) is 16.3. The summed E-state index contributed by atoms with van der Waals surface area (Å²) in [5, 5.41) is 0. The zero-order valence-corrected chi connectivity index (χ0v) is 13.6. The van der Waals surface area contributed by atoms with Crippen LogP contribution in [0.4, 0.5) is 0 Å². The number of fused-ring (bicyclic) bond motifs is 1. The van der Waals surface area contributed by atoms with Crippen LogP contribution in [0.5, 0.6) is 0 Å². The minimum absolute atomic E-state index is 0.267. The maximum Gasteiger partial charge on any atom is 0.332 e. The largest absolute Gasteiger partial charge is 0.332 e. The van der Waals surface area contributed by atoms with Gasteiger partial charge in [0.2, 0.25) is 0 Å². The van der Waals surface area contributed by atoms with Gasteiger partial charge in [0.25, 0.3) is 5.56 Å². The van der Waals surface area contributed by atoms with E-state index in [2.05, 4.69) is 18.8 Å². The second kappa shape index (κ2) is 7.24. The third-order valence-electron chi connectivity index (χ3n) is 3.71. The number of nitrogens with zero attached hydrogens (tertiary/aromatic N) is 4. The summed E-state index contributed by atoms with van der Waals surface area (Å²) in [4.78, 5) is 29.4. The fraction of sp³-hybridized carbons (Fsp3) is 0.562. The van der Waals surface area contributed by atoms with E-state index in [1.807, 2.05) is 19.2 Å². The third kappa shape index (κ3) is 2.91. The van der Waals surface area contributed by atoms with E-state index in [1.54, 1.807) is 15.5 Å². The molecule has 2 heterocycles. The van der Waals surface area contributed by atoms with Gasteiger partial charge in [-0.3, -0.25) is 13.9 Å². The first-order valence-corrected chi connectivity index (χ1v) is 8.02.